The molecule has 0 unspecified atom stereocenters. The third kappa shape index (κ3) is 3.45. The first-order chi connectivity index (χ1) is 12.7. The van der Waals surface area contributed by atoms with Gasteiger partial charge in [0, 0.05) is 56.3 Å². The second-order valence-electron chi connectivity index (χ2n) is 6.27. The van der Waals surface area contributed by atoms with Crippen LogP contribution in [0.25, 0.3) is 11.0 Å². The van der Waals surface area contributed by atoms with E-state index >= 15 is 0 Å². The number of nitrogens with zero attached hydrogens (tertiary/aromatic N) is 3. The van der Waals surface area contributed by atoms with Gasteiger partial charge in [-0.1, -0.05) is 11.6 Å². The van der Waals surface area contributed by atoms with Crippen LogP contribution in [0.4, 0.5) is 4.39 Å². The zero-order valence-electron chi connectivity index (χ0n) is 14.2. The number of piperazine rings is 1. The van der Waals surface area contributed by atoms with E-state index in [1.165, 1.54) is 0 Å². The molecule has 0 bridgehead atoms. The number of dihydropyridines is 1. The van der Waals surface area contributed by atoms with Gasteiger partial charge in [0.1, 0.15) is 5.83 Å². The third-order valence-corrected chi connectivity index (χ3v) is 4.91. The number of hydrogen-bond donors (Lipinski definition) is 3. The fourth-order valence-electron chi connectivity index (χ4n) is 3.26. The van der Waals surface area contributed by atoms with Crippen molar-refractivity contribution in [3.63, 3.8) is 0 Å². The normalized spacial score (nSPS) is 17.9. The molecule has 0 atom stereocenters. The predicted octanol–water partition coefficient (Wildman–Crippen LogP) is 1.90. The van der Waals surface area contributed by atoms with Crippen molar-refractivity contribution in [2.75, 3.05) is 32.7 Å². The molecule has 1 saturated heterocycles. The number of nitrogens with one attached hydrogen (secondary N) is 3. The molecule has 0 spiro atoms. The summed E-state index contributed by atoms with van der Waals surface area (Å²) < 4.78 is 14.5. The molecule has 2 aromatic rings. The van der Waals surface area contributed by atoms with Crippen molar-refractivity contribution >= 4 is 22.6 Å². The second kappa shape index (κ2) is 7.47. The maximum Gasteiger partial charge on any atom is 0.144 e. The third-order valence-electron chi connectivity index (χ3n) is 4.56. The number of aromatic nitrogens is 2. The van der Waals surface area contributed by atoms with Gasteiger partial charge < -0.3 is 20.9 Å². The fraction of sp³-hybridized carbons (Fsp3) is 0.333. The lowest BCUT2D eigenvalue weighted by Gasteiger charge is -2.34. The Morgan fingerprint density at radius 2 is 1.88 bits per heavy atom. The van der Waals surface area contributed by atoms with Crippen molar-refractivity contribution in [3.8, 4) is 0 Å². The summed E-state index contributed by atoms with van der Waals surface area (Å²) in [5.41, 5.74) is 3.82. The molecular weight excluding hydrogens is 355 g/mol. The first kappa shape index (κ1) is 17.1. The van der Waals surface area contributed by atoms with Crippen LogP contribution in [0.3, 0.4) is 0 Å². The van der Waals surface area contributed by atoms with Crippen molar-refractivity contribution in [2.24, 2.45) is 0 Å². The van der Waals surface area contributed by atoms with E-state index in [0.29, 0.717) is 17.3 Å². The van der Waals surface area contributed by atoms with Gasteiger partial charge in [-0.3, -0.25) is 9.97 Å². The number of benzene rings is 1. The molecule has 8 heteroatoms. The Balaban J connectivity index is 1.54. The summed E-state index contributed by atoms with van der Waals surface area (Å²) >= 11 is 6.39. The molecule has 2 aliphatic rings. The van der Waals surface area contributed by atoms with Crippen LogP contribution in [0.1, 0.15) is 5.56 Å². The number of hydrogen-bond acceptors (Lipinski definition) is 6. The number of halogens is 2. The summed E-state index contributed by atoms with van der Waals surface area (Å²) in [4.78, 5) is 10.7. The van der Waals surface area contributed by atoms with Crippen LogP contribution in [-0.2, 0) is 6.54 Å². The Morgan fingerprint density at radius 1 is 1.15 bits per heavy atom. The van der Waals surface area contributed by atoms with Crippen LogP contribution in [-0.4, -0.2) is 47.6 Å². The Bertz CT molecular complexity index is 875. The molecule has 2 aliphatic heterocycles. The van der Waals surface area contributed by atoms with Crippen LogP contribution < -0.4 is 16.0 Å². The lowest BCUT2D eigenvalue weighted by atomic mass is 10.1. The van der Waals surface area contributed by atoms with Gasteiger partial charge in [-0.25, -0.2) is 4.39 Å². The first-order valence-electron chi connectivity index (χ1n) is 8.63. The van der Waals surface area contributed by atoms with Gasteiger partial charge in [0.15, 0.2) is 0 Å². The minimum Gasteiger partial charge on any atom is -0.383 e. The Labute approximate surface area is 156 Å². The fourth-order valence-corrected chi connectivity index (χ4v) is 3.49. The molecule has 6 nitrogen and oxygen atoms in total. The average Bonchev–Trinajstić information content (AvgIpc) is 2.67. The standard InChI is InChI=1S/C18H20ClFN6/c19-13-8-16-15(23-1-2-24-16)7-12(13)9-25-17-11-22-10-14(20)18(17)26-5-3-21-4-6-26/h1-2,7-8,11,21-22,25H,3-6,9-10H2. The average molecular weight is 375 g/mol. The summed E-state index contributed by atoms with van der Waals surface area (Å²) in [5.74, 6) is -0.146. The molecule has 1 aromatic carbocycles. The summed E-state index contributed by atoms with van der Waals surface area (Å²) in [6.45, 7) is 3.97. The molecular formula is C18H20ClFN6. The highest BCUT2D eigenvalue weighted by molar-refractivity contribution is 6.32. The lowest BCUT2D eigenvalue weighted by Crippen LogP contribution is -2.45. The maximum absolute atomic E-state index is 14.5. The first-order valence-corrected chi connectivity index (χ1v) is 9.01. The quantitative estimate of drug-likeness (QED) is 0.759. The van der Waals surface area contributed by atoms with E-state index < -0.39 is 0 Å². The molecule has 26 heavy (non-hydrogen) atoms. The summed E-state index contributed by atoms with van der Waals surface area (Å²) in [6, 6.07) is 3.72. The van der Waals surface area contributed by atoms with Gasteiger partial charge in [0.25, 0.3) is 0 Å². The molecule has 0 saturated carbocycles. The van der Waals surface area contributed by atoms with Crippen molar-refractivity contribution in [1.29, 1.82) is 0 Å². The van der Waals surface area contributed by atoms with Crippen LogP contribution in [0.5, 0.6) is 0 Å². The molecule has 1 aromatic heterocycles. The lowest BCUT2D eigenvalue weighted by molar-refractivity contribution is 0.287. The van der Waals surface area contributed by atoms with E-state index in [2.05, 4.69) is 30.8 Å². The van der Waals surface area contributed by atoms with Crippen LogP contribution in [0.15, 0.2) is 47.9 Å². The molecule has 136 valence electrons. The second-order valence-corrected chi connectivity index (χ2v) is 6.68. The summed E-state index contributed by atoms with van der Waals surface area (Å²) in [5, 5.41) is 10.2. The number of fused-ring (bicyclic) bond motifs is 1. The molecule has 3 N–H and O–H groups in total. The molecule has 1 fully saturated rings. The molecule has 4 rings (SSSR count). The van der Waals surface area contributed by atoms with Crippen LogP contribution in [0.2, 0.25) is 5.02 Å². The smallest absolute Gasteiger partial charge is 0.144 e. The van der Waals surface area contributed by atoms with E-state index in [1.807, 2.05) is 18.3 Å². The molecule has 0 amide bonds. The minimum absolute atomic E-state index is 0.146. The molecule has 3 heterocycles. The van der Waals surface area contributed by atoms with Gasteiger partial charge >= 0.3 is 0 Å². The highest BCUT2D eigenvalue weighted by atomic mass is 35.5. The van der Waals surface area contributed by atoms with Gasteiger partial charge in [-0.2, -0.15) is 0 Å². The Hall–Kier alpha value is -2.38. The van der Waals surface area contributed by atoms with Gasteiger partial charge in [0.05, 0.1) is 29.0 Å². The summed E-state index contributed by atoms with van der Waals surface area (Å²) in [7, 11) is 0. The van der Waals surface area contributed by atoms with Crippen molar-refractivity contribution in [2.45, 2.75) is 6.54 Å². The zero-order chi connectivity index (χ0) is 17.9. The highest BCUT2D eigenvalue weighted by Gasteiger charge is 2.23. The molecule has 0 radical (unpaired) electrons. The van der Waals surface area contributed by atoms with Crippen molar-refractivity contribution in [3.05, 3.63) is 58.5 Å². The Morgan fingerprint density at radius 3 is 2.65 bits per heavy atom. The van der Waals surface area contributed by atoms with Gasteiger partial charge in [0.2, 0.25) is 0 Å². The van der Waals surface area contributed by atoms with Gasteiger partial charge in [-0.05, 0) is 17.7 Å². The van der Waals surface area contributed by atoms with E-state index in [-0.39, 0.29) is 12.4 Å². The SMILES string of the molecule is FC1=C(N2CCNCC2)C(NCc2cc3nccnc3cc2Cl)=CNC1. The van der Waals surface area contributed by atoms with Crippen LogP contribution in [0, 0.1) is 0 Å². The van der Waals surface area contributed by atoms with E-state index in [9.17, 15) is 4.39 Å². The largest absolute Gasteiger partial charge is 0.383 e. The Kier molecular flexibility index (Phi) is 4.90. The van der Waals surface area contributed by atoms with Crippen molar-refractivity contribution in [1.82, 2.24) is 30.8 Å². The van der Waals surface area contributed by atoms with Crippen LogP contribution >= 0.6 is 11.6 Å². The number of rotatable bonds is 4. The molecule has 0 aliphatic carbocycles. The highest BCUT2D eigenvalue weighted by Crippen LogP contribution is 2.25. The summed E-state index contributed by atoms with van der Waals surface area (Å²) in [6.07, 6.45) is 5.12. The maximum atomic E-state index is 14.5. The van der Waals surface area contributed by atoms with Crippen molar-refractivity contribution < 1.29 is 4.39 Å². The topological polar surface area (TPSA) is 65.1 Å². The van der Waals surface area contributed by atoms with E-state index in [4.69, 9.17) is 11.6 Å². The van der Waals surface area contributed by atoms with Gasteiger partial charge in [-0.15, -0.1) is 0 Å². The zero-order valence-corrected chi connectivity index (χ0v) is 15.0. The predicted molar refractivity (Wildman–Crippen MR) is 100 cm³/mol. The minimum atomic E-state index is -0.146. The van der Waals surface area contributed by atoms with E-state index in [0.717, 1.165) is 48.5 Å². The monoisotopic (exact) mass is 374 g/mol. The van der Waals surface area contributed by atoms with E-state index in [1.54, 1.807) is 12.4 Å².